The first-order valence-electron chi connectivity index (χ1n) is 17.0. The van der Waals surface area contributed by atoms with E-state index >= 15 is 0 Å². The topological polar surface area (TPSA) is 148 Å². The molecule has 0 spiro atoms. The van der Waals surface area contributed by atoms with Crippen LogP contribution < -0.4 is 11.5 Å². The van der Waals surface area contributed by atoms with Crippen LogP contribution in [0.4, 0.5) is 5.95 Å². The summed E-state index contributed by atoms with van der Waals surface area (Å²) in [5.41, 5.74) is 12.9. The van der Waals surface area contributed by atoms with E-state index in [-0.39, 0.29) is 25.0 Å². The van der Waals surface area contributed by atoms with Crippen LogP contribution in [-0.4, -0.2) is 50.2 Å². The number of nitrogens with zero attached hydrogens (tertiary/aromatic N) is 4. The molecule has 44 heavy (non-hydrogen) atoms. The maximum absolute atomic E-state index is 12.6. The number of esters is 2. The minimum atomic E-state index is -0.750. The molecule has 0 saturated heterocycles. The molecule has 0 fully saturated rings. The molecule has 4 N–H and O–H groups in total. The molecule has 0 amide bonds. The van der Waals surface area contributed by atoms with Crippen LogP contribution in [0, 0.1) is 5.92 Å². The lowest BCUT2D eigenvalue weighted by atomic mass is 10.0. The van der Waals surface area contributed by atoms with E-state index in [0.29, 0.717) is 17.6 Å². The van der Waals surface area contributed by atoms with E-state index in [9.17, 15) is 9.59 Å². The minimum Gasteiger partial charge on any atom is -0.462 e. The molecule has 248 valence electrons. The van der Waals surface area contributed by atoms with Crippen LogP contribution in [-0.2, 0) is 25.6 Å². The predicted octanol–water partition coefficient (Wildman–Crippen LogP) is 7.05. The number of anilines is 1. The molecular formula is C34H58N6O4. The highest BCUT2D eigenvalue weighted by atomic mass is 16.6. The molecular weight excluding hydrogens is 556 g/mol. The molecule has 2 aromatic heterocycles. The molecule has 0 aliphatic carbocycles. The number of imidazole rings is 1. The molecule has 10 nitrogen and oxygen atoms in total. The van der Waals surface area contributed by atoms with Gasteiger partial charge >= 0.3 is 11.9 Å². The van der Waals surface area contributed by atoms with E-state index in [4.69, 9.17) is 20.9 Å². The third-order valence-electron chi connectivity index (χ3n) is 7.96. The SMILES string of the molecule is CCCCCCCCCCCCCCCCCC=CC(=O)OCC[C@H](Cn1cnc2cnc(N)nc21)OC(=O)[C@@H](N)C(C)C. The Bertz CT molecular complexity index is 1100. The van der Waals surface area contributed by atoms with Crippen molar-refractivity contribution < 1.29 is 19.1 Å². The summed E-state index contributed by atoms with van der Waals surface area (Å²) < 4.78 is 12.8. The maximum Gasteiger partial charge on any atom is 0.330 e. The van der Waals surface area contributed by atoms with Gasteiger partial charge in [-0.25, -0.2) is 14.8 Å². The lowest BCUT2D eigenvalue weighted by Gasteiger charge is -2.22. The van der Waals surface area contributed by atoms with Crippen LogP contribution in [0.2, 0.25) is 0 Å². The Balaban J connectivity index is 1.60. The molecule has 0 aromatic carbocycles. The highest BCUT2D eigenvalue weighted by Crippen LogP contribution is 2.16. The van der Waals surface area contributed by atoms with Gasteiger partial charge in [0.15, 0.2) is 5.65 Å². The number of fused-ring (bicyclic) bond motifs is 1. The highest BCUT2D eigenvalue weighted by Gasteiger charge is 2.24. The summed E-state index contributed by atoms with van der Waals surface area (Å²) in [7, 11) is 0. The summed E-state index contributed by atoms with van der Waals surface area (Å²) in [5, 5.41) is 0. The molecule has 0 bridgehead atoms. The van der Waals surface area contributed by atoms with Crippen molar-refractivity contribution in [3.8, 4) is 0 Å². The molecule has 0 aliphatic rings. The Hall–Kier alpha value is -3.01. The predicted molar refractivity (Wildman–Crippen MR) is 177 cm³/mol. The van der Waals surface area contributed by atoms with E-state index in [1.54, 1.807) is 10.9 Å². The second-order valence-electron chi connectivity index (χ2n) is 12.3. The van der Waals surface area contributed by atoms with E-state index in [1.807, 2.05) is 19.9 Å². The van der Waals surface area contributed by atoms with Gasteiger partial charge in [0.1, 0.15) is 17.7 Å². The summed E-state index contributed by atoms with van der Waals surface area (Å²) in [6, 6.07) is -0.750. The number of aromatic nitrogens is 4. The smallest absolute Gasteiger partial charge is 0.330 e. The quantitative estimate of drug-likeness (QED) is 0.0681. The zero-order valence-corrected chi connectivity index (χ0v) is 27.6. The monoisotopic (exact) mass is 614 g/mol. The number of allylic oxidation sites excluding steroid dienone is 1. The zero-order valence-electron chi connectivity index (χ0n) is 27.6. The third kappa shape index (κ3) is 15.6. The first kappa shape index (κ1) is 37.2. The number of hydrogen-bond donors (Lipinski definition) is 2. The Labute approximate surface area is 264 Å². The van der Waals surface area contributed by atoms with Gasteiger partial charge in [0.05, 0.1) is 25.7 Å². The van der Waals surface area contributed by atoms with Crippen LogP contribution >= 0.6 is 0 Å². The van der Waals surface area contributed by atoms with E-state index in [0.717, 1.165) is 12.8 Å². The lowest BCUT2D eigenvalue weighted by molar-refractivity contribution is -0.153. The number of carbonyl (C=O) groups is 2. The van der Waals surface area contributed by atoms with Crippen LogP contribution in [0.5, 0.6) is 0 Å². The van der Waals surface area contributed by atoms with Gasteiger partial charge in [0.2, 0.25) is 5.95 Å². The number of nitrogens with two attached hydrogens (primary N) is 2. The summed E-state index contributed by atoms with van der Waals surface area (Å²) in [6.45, 7) is 6.34. The Morgan fingerprint density at radius 1 is 0.909 bits per heavy atom. The van der Waals surface area contributed by atoms with Gasteiger partial charge in [-0.1, -0.05) is 117 Å². The first-order chi connectivity index (χ1) is 21.3. The summed E-state index contributed by atoms with van der Waals surface area (Å²) in [5.74, 6) is -0.848. The molecule has 0 aliphatic heterocycles. The van der Waals surface area contributed by atoms with Gasteiger partial charge in [-0.2, -0.15) is 4.98 Å². The molecule has 2 aromatic rings. The molecule has 2 atom stereocenters. The largest absolute Gasteiger partial charge is 0.462 e. The fourth-order valence-electron chi connectivity index (χ4n) is 5.08. The van der Waals surface area contributed by atoms with Crippen molar-refractivity contribution in [1.29, 1.82) is 0 Å². The van der Waals surface area contributed by atoms with E-state index < -0.39 is 24.1 Å². The van der Waals surface area contributed by atoms with Crippen molar-refractivity contribution in [3.05, 3.63) is 24.7 Å². The lowest BCUT2D eigenvalue weighted by Crippen LogP contribution is -2.40. The van der Waals surface area contributed by atoms with Gasteiger partial charge in [-0.3, -0.25) is 4.79 Å². The highest BCUT2D eigenvalue weighted by molar-refractivity contribution is 5.81. The van der Waals surface area contributed by atoms with Crippen LogP contribution in [0.15, 0.2) is 24.7 Å². The van der Waals surface area contributed by atoms with E-state index in [2.05, 4.69) is 21.9 Å². The minimum absolute atomic E-state index is 0.0720. The number of ether oxygens (including phenoxy) is 2. The van der Waals surface area contributed by atoms with Crippen LogP contribution in [0.3, 0.4) is 0 Å². The average molecular weight is 615 g/mol. The van der Waals surface area contributed by atoms with Crippen molar-refractivity contribution in [1.82, 2.24) is 19.5 Å². The van der Waals surface area contributed by atoms with Gasteiger partial charge < -0.3 is 25.5 Å². The van der Waals surface area contributed by atoms with Crippen molar-refractivity contribution in [2.75, 3.05) is 12.3 Å². The van der Waals surface area contributed by atoms with Gasteiger partial charge in [-0.05, 0) is 18.8 Å². The first-order valence-corrected chi connectivity index (χ1v) is 17.0. The molecule has 0 unspecified atom stereocenters. The number of nitrogen functional groups attached to an aromatic ring is 1. The molecule has 0 saturated carbocycles. The Kier molecular flexibility index (Phi) is 19.0. The molecule has 10 heteroatoms. The van der Waals surface area contributed by atoms with Gasteiger partial charge in [0.25, 0.3) is 0 Å². The normalized spacial score (nSPS) is 13.1. The number of rotatable bonds is 25. The molecule has 0 radical (unpaired) electrons. The fraction of sp³-hybridized carbons (Fsp3) is 0.735. The Morgan fingerprint density at radius 3 is 2.09 bits per heavy atom. The van der Waals surface area contributed by atoms with Crippen molar-refractivity contribution in [3.63, 3.8) is 0 Å². The second-order valence-corrected chi connectivity index (χ2v) is 12.3. The van der Waals surface area contributed by atoms with Crippen LogP contribution in [0.1, 0.15) is 130 Å². The van der Waals surface area contributed by atoms with Crippen molar-refractivity contribution in [2.24, 2.45) is 11.7 Å². The van der Waals surface area contributed by atoms with Crippen molar-refractivity contribution >= 4 is 29.1 Å². The second kappa shape index (κ2) is 22.5. The molecule has 2 rings (SSSR count). The van der Waals surface area contributed by atoms with Gasteiger partial charge in [0, 0.05) is 12.5 Å². The summed E-state index contributed by atoms with van der Waals surface area (Å²) in [6.07, 6.45) is 27.1. The van der Waals surface area contributed by atoms with E-state index in [1.165, 1.54) is 102 Å². The standard InChI is InChI=1S/C34H58N6O4/c1-4-5-6-7-8-9-10-11-12-13-14-15-16-17-18-19-20-21-30(41)43-23-22-28(44-33(42)31(35)27(2)3)25-40-26-38-29-24-37-34(36)39-32(29)40/h20-21,24,26-28,31H,4-19,22-23,25,35H2,1-3H3,(H2,36,37,39)/t28-,31+/m1/s1. The summed E-state index contributed by atoms with van der Waals surface area (Å²) in [4.78, 5) is 37.3. The fourth-order valence-corrected chi connectivity index (χ4v) is 5.08. The molecule has 2 heterocycles. The number of carbonyl (C=O) groups excluding carboxylic acids is 2. The maximum atomic E-state index is 12.6. The van der Waals surface area contributed by atoms with Crippen molar-refractivity contribution in [2.45, 2.75) is 149 Å². The number of hydrogen-bond acceptors (Lipinski definition) is 9. The number of unbranched alkanes of at least 4 members (excludes halogenated alkanes) is 15. The Morgan fingerprint density at radius 2 is 1.50 bits per heavy atom. The van der Waals surface area contributed by atoms with Gasteiger partial charge in [-0.15, -0.1) is 0 Å². The average Bonchev–Trinajstić information content (AvgIpc) is 3.39. The van der Waals surface area contributed by atoms with Crippen LogP contribution in [0.25, 0.3) is 11.2 Å². The summed E-state index contributed by atoms with van der Waals surface area (Å²) >= 11 is 0. The third-order valence-corrected chi connectivity index (χ3v) is 7.96. The zero-order chi connectivity index (χ0) is 32.0.